The molecule has 1 aromatic carbocycles. The van der Waals surface area contributed by atoms with E-state index in [2.05, 4.69) is 5.32 Å². The van der Waals surface area contributed by atoms with Crippen LogP contribution in [0.4, 0.5) is 4.39 Å². The lowest BCUT2D eigenvalue weighted by Gasteiger charge is -2.09. The van der Waals surface area contributed by atoms with Crippen molar-refractivity contribution in [1.82, 2.24) is 5.32 Å². The van der Waals surface area contributed by atoms with Crippen LogP contribution in [0, 0.1) is 11.7 Å². The summed E-state index contributed by atoms with van der Waals surface area (Å²) < 4.78 is 18.7. The molecule has 0 radical (unpaired) electrons. The second-order valence-electron chi connectivity index (χ2n) is 4.12. The van der Waals surface area contributed by atoms with E-state index in [0.717, 1.165) is 31.7 Å². The first-order valence-electron chi connectivity index (χ1n) is 5.48. The van der Waals surface area contributed by atoms with Crippen molar-refractivity contribution >= 4 is 11.6 Å². The van der Waals surface area contributed by atoms with Gasteiger partial charge in [-0.05, 0) is 36.6 Å². The largest absolute Gasteiger partial charge is 0.376 e. The van der Waals surface area contributed by atoms with E-state index >= 15 is 0 Å². The Balaban J connectivity index is 1.78. The average Bonchev–Trinajstić information content (AvgIpc) is 2.76. The smallest absolute Gasteiger partial charge is 0.142 e. The Bertz CT molecular complexity index is 353. The van der Waals surface area contributed by atoms with E-state index in [9.17, 15) is 4.39 Å². The maximum absolute atomic E-state index is 13.1. The molecule has 0 spiro atoms. The molecule has 0 aliphatic carbocycles. The Hall–Kier alpha value is -0.640. The van der Waals surface area contributed by atoms with Gasteiger partial charge in [-0.25, -0.2) is 4.39 Å². The average molecular weight is 244 g/mol. The summed E-state index contributed by atoms with van der Waals surface area (Å²) in [6, 6.07) is 4.78. The van der Waals surface area contributed by atoms with Crippen LogP contribution in [0.5, 0.6) is 0 Å². The maximum Gasteiger partial charge on any atom is 0.142 e. The van der Waals surface area contributed by atoms with Crippen molar-refractivity contribution in [3.8, 4) is 0 Å². The molecule has 0 saturated carbocycles. The molecule has 2 nitrogen and oxygen atoms in total. The first kappa shape index (κ1) is 11.8. The normalized spacial score (nSPS) is 20.2. The van der Waals surface area contributed by atoms with Gasteiger partial charge in [-0.15, -0.1) is 0 Å². The predicted molar refractivity (Wildman–Crippen MR) is 62.0 cm³/mol. The lowest BCUT2D eigenvalue weighted by atomic mass is 10.1. The molecule has 0 amide bonds. The monoisotopic (exact) mass is 243 g/mol. The highest BCUT2D eigenvalue weighted by molar-refractivity contribution is 6.30. The Morgan fingerprint density at radius 1 is 1.50 bits per heavy atom. The molecular weight excluding hydrogens is 229 g/mol. The van der Waals surface area contributed by atoms with Crippen LogP contribution in [0.15, 0.2) is 18.2 Å². The number of ether oxygens (including phenoxy) is 1. The predicted octanol–water partition coefficient (Wildman–Crippen LogP) is 2.61. The van der Waals surface area contributed by atoms with E-state index in [1.165, 1.54) is 6.07 Å². The Labute approximate surface area is 99.7 Å². The molecule has 1 unspecified atom stereocenters. The molecule has 1 aliphatic heterocycles. The van der Waals surface area contributed by atoms with Gasteiger partial charge in [0, 0.05) is 6.54 Å². The molecule has 1 aromatic rings. The molecule has 1 N–H and O–H groups in total. The maximum atomic E-state index is 13.1. The Kier molecular flexibility index (Phi) is 4.16. The van der Waals surface area contributed by atoms with Gasteiger partial charge in [0.2, 0.25) is 0 Å². The number of halogens is 2. The van der Waals surface area contributed by atoms with Crippen LogP contribution in [0.1, 0.15) is 12.0 Å². The molecule has 88 valence electrons. The number of hydrogen-bond acceptors (Lipinski definition) is 2. The zero-order valence-electron chi connectivity index (χ0n) is 9.01. The Morgan fingerprint density at radius 2 is 2.38 bits per heavy atom. The van der Waals surface area contributed by atoms with Gasteiger partial charge in [-0.1, -0.05) is 17.7 Å². The number of nitrogens with one attached hydrogen (secondary N) is 1. The van der Waals surface area contributed by atoms with E-state index in [1.807, 2.05) is 0 Å². The highest BCUT2D eigenvalue weighted by Gasteiger charge is 2.14. The number of rotatable bonds is 4. The van der Waals surface area contributed by atoms with E-state index in [0.29, 0.717) is 12.5 Å². The summed E-state index contributed by atoms with van der Waals surface area (Å²) in [5.74, 6) is 0.211. The second kappa shape index (κ2) is 5.62. The summed E-state index contributed by atoms with van der Waals surface area (Å²) in [5.41, 5.74) is 0.827. The molecule has 2 rings (SSSR count). The number of hydrogen-bond donors (Lipinski definition) is 1. The van der Waals surface area contributed by atoms with Gasteiger partial charge in [-0.2, -0.15) is 0 Å². The van der Waals surface area contributed by atoms with Gasteiger partial charge in [0.15, 0.2) is 0 Å². The van der Waals surface area contributed by atoms with Gasteiger partial charge < -0.3 is 10.1 Å². The van der Waals surface area contributed by atoms with Crippen LogP contribution in [-0.2, 0) is 11.3 Å². The topological polar surface area (TPSA) is 21.3 Å². The SMILES string of the molecule is Fc1cc(COCC2CCNC2)ccc1Cl. The Morgan fingerprint density at radius 3 is 3.06 bits per heavy atom. The number of benzene rings is 1. The van der Waals surface area contributed by atoms with Crippen molar-refractivity contribution in [2.75, 3.05) is 19.7 Å². The third-order valence-electron chi connectivity index (χ3n) is 2.77. The minimum Gasteiger partial charge on any atom is -0.376 e. The van der Waals surface area contributed by atoms with E-state index in [-0.39, 0.29) is 10.8 Å². The molecule has 16 heavy (non-hydrogen) atoms. The van der Waals surface area contributed by atoms with E-state index in [1.54, 1.807) is 12.1 Å². The molecule has 1 fully saturated rings. The fourth-order valence-corrected chi connectivity index (χ4v) is 1.95. The summed E-state index contributed by atoms with van der Waals surface area (Å²) in [5, 5.41) is 3.44. The second-order valence-corrected chi connectivity index (χ2v) is 4.53. The standard InChI is InChI=1S/C12H15ClFNO/c13-11-2-1-9(5-12(11)14)7-16-8-10-3-4-15-6-10/h1-2,5,10,15H,3-4,6-8H2. The van der Waals surface area contributed by atoms with E-state index < -0.39 is 0 Å². The minimum absolute atomic E-state index is 0.156. The van der Waals surface area contributed by atoms with Crippen molar-refractivity contribution in [3.05, 3.63) is 34.6 Å². The fraction of sp³-hybridized carbons (Fsp3) is 0.500. The molecule has 1 atom stereocenters. The van der Waals surface area contributed by atoms with Gasteiger partial charge in [0.1, 0.15) is 5.82 Å². The summed E-state index contributed by atoms with van der Waals surface area (Å²) >= 11 is 5.59. The minimum atomic E-state index is -0.384. The lowest BCUT2D eigenvalue weighted by molar-refractivity contribution is 0.0923. The summed E-state index contributed by atoms with van der Waals surface area (Å²) in [4.78, 5) is 0. The van der Waals surface area contributed by atoms with Crippen LogP contribution in [0.25, 0.3) is 0 Å². The van der Waals surface area contributed by atoms with Crippen molar-refractivity contribution in [2.24, 2.45) is 5.92 Å². The molecule has 1 aliphatic rings. The summed E-state index contributed by atoms with van der Waals surface area (Å²) in [6.45, 7) is 3.28. The summed E-state index contributed by atoms with van der Waals surface area (Å²) in [7, 11) is 0. The first-order valence-corrected chi connectivity index (χ1v) is 5.86. The van der Waals surface area contributed by atoms with Crippen LogP contribution in [0.2, 0.25) is 5.02 Å². The van der Waals surface area contributed by atoms with Crippen LogP contribution in [-0.4, -0.2) is 19.7 Å². The van der Waals surface area contributed by atoms with Gasteiger partial charge in [-0.3, -0.25) is 0 Å². The van der Waals surface area contributed by atoms with Crippen LogP contribution >= 0.6 is 11.6 Å². The van der Waals surface area contributed by atoms with Gasteiger partial charge >= 0.3 is 0 Å². The van der Waals surface area contributed by atoms with Crippen molar-refractivity contribution < 1.29 is 9.13 Å². The third-order valence-corrected chi connectivity index (χ3v) is 3.08. The quantitative estimate of drug-likeness (QED) is 0.878. The molecule has 4 heteroatoms. The lowest BCUT2D eigenvalue weighted by Crippen LogP contribution is -2.13. The highest BCUT2D eigenvalue weighted by atomic mass is 35.5. The first-order chi connectivity index (χ1) is 7.75. The molecule has 1 heterocycles. The third kappa shape index (κ3) is 3.17. The van der Waals surface area contributed by atoms with Crippen LogP contribution in [0.3, 0.4) is 0 Å². The van der Waals surface area contributed by atoms with Crippen molar-refractivity contribution in [3.63, 3.8) is 0 Å². The zero-order chi connectivity index (χ0) is 11.4. The molecule has 0 aromatic heterocycles. The molecule has 1 saturated heterocycles. The fourth-order valence-electron chi connectivity index (χ4n) is 1.83. The van der Waals surface area contributed by atoms with Crippen molar-refractivity contribution in [1.29, 1.82) is 0 Å². The molecular formula is C12H15ClFNO. The zero-order valence-corrected chi connectivity index (χ0v) is 9.77. The highest BCUT2D eigenvalue weighted by Crippen LogP contribution is 2.16. The van der Waals surface area contributed by atoms with Crippen LogP contribution < -0.4 is 5.32 Å². The van der Waals surface area contributed by atoms with Gasteiger partial charge in [0.25, 0.3) is 0 Å². The summed E-state index contributed by atoms with van der Waals surface area (Å²) in [6.07, 6.45) is 1.16. The van der Waals surface area contributed by atoms with Gasteiger partial charge in [0.05, 0.1) is 18.2 Å². The van der Waals surface area contributed by atoms with Crippen molar-refractivity contribution in [2.45, 2.75) is 13.0 Å². The molecule has 0 bridgehead atoms. The van der Waals surface area contributed by atoms with E-state index in [4.69, 9.17) is 16.3 Å².